The highest BCUT2D eigenvalue weighted by Crippen LogP contribution is 2.30. The molecule has 0 saturated heterocycles. The maximum Gasteiger partial charge on any atom is 0.227 e. The molecule has 3 heteroatoms. The Labute approximate surface area is 105 Å². The largest absolute Gasteiger partial charge is 0.326 e. The van der Waals surface area contributed by atoms with Gasteiger partial charge in [0.15, 0.2) is 0 Å². The van der Waals surface area contributed by atoms with Crippen molar-refractivity contribution in [3.8, 4) is 0 Å². The van der Waals surface area contributed by atoms with E-state index in [0.717, 1.165) is 36.7 Å². The first kappa shape index (κ1) is 11.6. The number of carbonyl (C=O) groups excluding carboxylic acids is 1. The van der Waals surface area contributed by atoms with Crippen molar-refractivity contribution in [1.82, 2.24) is 0 Å². The minimum atomic E-state index is 0.178. The summed E-state index contributed by atoms with van der Waals surface area (Å²) in [6.07, 6.45) is 4.28. The molecule has 0 unspecified atom stereocenters. The van der Waals surface area contributed by atoms with E-state index in [1.165, 1.54) is 5.56 Å². The molecule has 1 fully saturated rings. The van der Waals surface area contributed by atoms with Crippen LogP contribution in [0.4, 0.5) is 5.69 Å². The van der Waals surface area contributed by atoms with Crippen LogP contribution in [0.2, 0.25) is 0 Å². The van der Waals surface area contributed by atoms with Gasteiger partial charge in [-0.25, -0.2) is 0 Å². The van der Waals surface area contributed by atoms with Crippen molar-refractivity contribution in [2.24, 2.45) is 5.92 Å². The summed E-state index contributed by atoms with van der Waals surface area (Å²) in [5.41, 5.74) is 2.22. The summed E-state index contributed by atoms with van der Waals surface area (Å²) in [5, 5.41) is 3.99. The Hall–Kier alpha value is -0.830. The SMILES string of the molecule is O=C(Nc1cccc(CCCBr)c1)C1CC1. The molecule has 1 aliphatic carbocycles. The van der Waals surface area contributed by atoms with E-state index in [4.69, 9.17) is 0 Å². The van der Waals surface area contributed by atoms with Gasteiger partial charge in [-0.2, -0.15) is 0 Å². The second-order valence-electron chi connectivity index (χ2n) is 4.26. The zero-order chi connectivity index (χ0) is 11.4. The maximum atomic E-state index is 11.6. The standard InChI is InChI=1S/C13H16BrNO/c14-8-2-4-10-3-1-5-12(9-10)15-13(16)11-6-7-11/h1,3,5,9,11H,2,4,6-8H2,(H,15,16). The van der Waals surface area contributed by atoms with Crippen LogP contribution in [-0.2, 0) is 11.2 Å². The minimum Gasteiger partial charge on any atom is -0.326 e. The third-order valence-electron chi connectivity index (χ3n) is 2.74. The molecule has 0 atom stereocenters. The average Bonchev–Trinajstić information content (AvgIpc) is 3.10. The summed E-state index contributed by atoms with van der Waals surface area (Å²) in [6.45, 7) is 0. The summed E-state index contributed by atoms with van der Waals surface area (Å²) in [6, 6.07) is 8.14. The highest BCUT2D eigenvalue weighted by Gasteiger charge is 2.29. The van der Waals surface area contributed by atoms with Gasteiger partial charge in [0.1, 0.15) is 0 Å². The Bertz CT molecular complexity index is 374. The van der Waals surface area contributed by atoms with Crippen molar-refractivity contribution < 1.29 is 4.79 Å². The molecule has 1 N–H and O–H groups in total. The van der Waals surface area contributed by atoms with E-state index in [0.29, 0.717) is 0 Å². The number of halogens is 1. The molecule has 1 saturated carbocycles. The highest BCUT2D eigenvalue weighted by molar-refractivity contribution is 9.09. The van der Waals surface area contributed by atoms with Gasteiger partial charge < -0.3 is 5.32 Å². The molecular weight excluding hydrogens is 266 g/mol. The van der Waals surface area contributed by atoms with E-state index in [1.54, 1.807) is 0 Å². The molecule has 0 aromatic heterocycles. The Balaban J connectivity index is 1.95. The number of benzene rings is 1. The van der Waals surface area contributed by atoms with Gasteiger partial charge in [0.05, 0.1) is 0 Å². The van der Waals surface area contributed by atoms with Crippen LogP contribution >= 0.6 is 15.9 Å². The zero-order valence-corrected chi connectivity index (χ0v) is 10.8. The molecule has 2 rings (SSSR count). The number of nitrogens with one attached hydrogen (secondary N) is 1. The first-order valence-electron chi connectivity index (χ1n) is 5.75. The molecule has 1 aromatic rings. The smallest absolute Gasteiger partial charge is 0.227 e. The van der Waals surface area contributed by atoms with Crippen LogP contribution in [-0.4, -0.2) is 11.2 Å². The van der Waals surface area contributed by atoms with E-state index < -0.39 is 0 Å². The second kappa shape index (κ2) is 5.48. The predicted octanol–water partition coefficient (Wildman–Crippen LogP) is 3.36. The van der Waals surface area contributed by atoms with Crippen molar-refractivity contribution in [2.45, 2.75) is 25.7 Å². The average molecular weight is 282 g/mol. The molecule has 1 aliphatic rings. The molecule has 86 valence electrons. The van der Waals surface area contributed by atoms with E-state index in [2.05, 4.69) is 33.4 Å². The topological polar surface area (TPSA) is 29.1 Å². The Morgan fingerprint density at radius 1 is 1.44 bits per heavy atom. The number of carbonyl (C=O) groups is 1. The lowest BCUT2D eigenvalue weighted by Gasteiger charge is -2.06. The molecule has 0 radical (unpaired) electrons. The van der Waals surface area contributed by atoms with Gasteiger partial charge >= 0.3 is 0 Å². The van der Waals surface area contributed by atoms with Crippen molar-refractivity contribution in [1.29, 1.82) is 0 Å². The van der Waals surface area contributed by atoms with Gasteiger partial charge in [-0.1, -0.05) is 28.1 Å². The van der Waals surface area contributed by atoms with Crippen LogP contribution in [0.25, 0.3) is 0 Å². The summed E-state index contributed by atoms with van der Waals surface area (Å²) in [5.74, 6) is 0.448. The fourth-order valence-electron chi connectivity index (χ4n) is 1.67. The van der Waals surface area contributed by atoms with E-state index in [1.807, 2.05) is 12.1 Å². The molecule has 0 spiro atoms. The van der Waals surface area contributed by atoms with Crippen molar-refractivity contribution in [2.75, 3.05) is 10.6 Å². The number of rotatable bonds is 5. The lowest BCUT2D eigenvalue weighted by molar-refractivity contribution is -0.117. The number of alkyl halides is 1. The second-order valence-corrected chi connectivity index (χ2v) is 5.05. The van der Waals surface area contributed by atoms with Crippen LogP contribution in [0.1, 0.15) is 24.8 Å². The summed E-state index contributed by atoms with van der Waals surface area (Å²) >= 11 is 3.42. The lowest BCUT2D eigenvalue weighted by atomic mass is 10.1. The fourth-order valence-corrected chi connectivity index (χ4v) is 1.95. The Kier molecular flexibility index (Phi) is 3.99. The third kappa shape index (κ3) is 3.34. The van der Waals surface area contributed by atoms with Gasteiger partial charge in [-0.05, 0) is 43.4 Å². The van der Waals surface area contributed by atoms with Crippen LogP contribution in [0.3, 0.4) is 0 Å². The lowest BCUT2D eigenvalue weighted by Crippen LogP contribution is -2.13. The van der Waals surface area contributed by atoms with E-state index >= 15 is 0 Å². The Morgan fingerprint density at radius 2 is 2.25 bits per heavy atom. The molecule has 16 heavy (non-hydrogen) atoms. The normalized spacial score (nSPS) is 14.8. The van der Waals surface area contributed by atoms with Gasteiger partial charge in [0.25, 0.3) is 0 Å². The summed E-state index contributed by atoms with van der Waals surface area (Å²) in [7, 11) is 0. The fraction of sp³-hybridized carbons (Fsp3) is 0.462. The number of amides is 1. The zero-order valence-electron chi connectivity index (χ0n) is 9.21. The molecule has 0 bridgehead atoms. The Morgan fingerprint density at radius 3 is 2.94 bits per heavy atom. The van der Waals surface area contributed by atoms with Crippen molar-refractivity contribution in [3.05, 3.63) is 29.8 Å². The molecule has 0 heterocycles. The van der Waals surface area contributed by atoms with Gasteiger partial charge in [-0.3, -0.25) is 4.79 Å². The first-order chi connectivity index (χ1) is 7.79. The number of aryl methyl sites for hydroxylation is 1. The minimum absolute atomic E-state index is 0.178. The molecule has 1 aromatic carbocycles. The third-order valence-corrected chi connectivity index (χ3v) is 3.30. The van der Waals surface area contributed by atoms with Crippen molar-refractivity contribution >= 4 is 27.5 Å². The van der Waals surface area contributed by atoms with Crippen LogP contribution < -0.4 is 5.32 Å². The van der Waals surface area contributed by atoms with Crippen molar-refractivity contribution in [3.63, 3.8) is 0 Å². The van der Waals surface area contributed by atoms with E-state index in [-0.39, 0.29) is 11.8 Å². The quantitative estimate of drug-likeness (QED) is 0.824. The van der Waals surface area contributed by atoms with Crippen LogP contribution in [0.5, 0.6) is 0 Å². The predicted molar refractivity (Wildman–Crippen MR) is 69.9 cm³/mol. The monoisotopic (exact) mass is 281 g/mol. The van der Waals surface area contributed by atoms with Crippen LogP contribution in [0.15, 0.2) is 24.3 Å². The first-order valence-corrected chi connectivity index (χ1v) is 6.87. The van der Waals surface area contributed by atoms with Gasteiger partial charge in [-0.15, -0.1) is 0 Å². The highest BCUT2D eigenvalue weighted by atomic mass is 79.9. The van der Waals surface area contributed by atoms with Gasteiger partial charge in [0.2, 0.25) is 5.91 Å². The molecule has 2 nitrogen and oxygen atoms in total. The van der Waals surface area contributed by atoms with E-state index in [9.17, 15) is 4.79 Å². The summed E-state index contributed by atoms with van der Waals surface area (Å²) < 4.78 is 0. The number of anilines is 1. The molecule has 0 aliphatic heterocycles. The summed E-state index contributed by atoms with van der Waals surface area (Å²) in [4.78, 5) is 11.6. The number of hydrogen-bond acceptors (Lipinski definition) is 1. The van der Waals surface area contributed by atoms with Crippen LogP contribution in [0, 0.1) is 5.92 Å². The molecular formula is C13H16BrNO. The maximum absolute atomic E-state index is 11.6. The number of hydrogen-bond donors (Lipinski definition) is 1. The molecule has 1 amide bonds. The van der Waals surface area contributed by atoms with Gasteiger partial charge in [0, 0.05) is 16.9 Å².